The topological polar surface area (TPSA) is 60.9 Å². The molecule has 2 heterocycles. The molecule has 1 fully saturated rings. The van der Waals surface area contributed by atoms with Crippen molar-refractivity contribution < 1.29 is 13.2 Å². The molecular weight excluding hydrogens is 338 g/mol. The number of carbonyl (C=O) groups is 1. The molecule has 3 rings (SSSR count). The van der Waals surface area contributed by atoms with Crippen molar-refractivity contribution in [3.05, 3.63) is 29.8 Å². The maximum atomic E-state index is 13.0. The zero-order valence-corrected chi connectivity index (χ0v) is 15.8. The standard InChI is InChI=1S/C18H27N3O3S/c1-15-8-9-16-6-3-4-7-17(16)21(15)18(22)14-19-10-5-11-20(13-12-19)25(2,23)24/h3-4,6-7,15H,5,8-14H2,1-2H3/t15-/m1/s1. The van der Waals surface area contributed by atoms with E-state index in [1.54, 1.807) is 0 Å². The van der Waals surface area contributed by atoms with Crippen LogP contribution in [0.2, 0.25) is 0 Å². The summed E-state index contributed by atoms with van der Waals surface area (Å²) in [7, 11) is -3.16. The molecule has 25 heavy (non-hydrogen) atoms. The number of benzene rings is 1. The van der Waals surface area contributed by atoms with Gasteiger partial charge in [0.2, 0.25) is 15.9 Å². The maximum Gasteiger partial charge on any atom is 0.241 e. The van der Waals surface area contributed by atoms with Crippen LogP contribution in [0, 0.1) is 0 Å². The third-order valence-corrected chi connectivity index (χ3v) is 6.47. The van der Waals surface area contributed by atoms with E-state index in [1.165, 1.54) is 16.1 Å². The first-order chi connectivity index (χ1) is 11.9. The van der Waals surface area contributed by atoms with E-state index in [0.717, 1.165) is 31.5 Å². The monoisotopic (exact) mass is 365 g/mol. The molecule has 2 aliphatic heterocycles. The highest BCUT2D eigenvalue weighted by Crippen LogP contribution is 2.30. The Morgan fingerprint density at radius 2 is 1.92 bits per heavy atom. The van der Waals surface area contributed by atoms with Crippen molar-refractivity contribution in [2.45, 2.75) is 32.2 Å². The predicted octanol–water partition coefficient (Wildman–Crippen LogP) is 1.32. The predicted molar refractivity (Wildman–Crippen MR) is 99.2 cm³/mol. The molecule has 1 amide bonds. The van der Waals surface area contributed by atoms with Crippen LogP contribution >= 0.6 is 0 Å². The van der Waals surface area contributed by atoms with Gasteiger partial charge in [-0.1, -0.05) is 18.2 Å². The number of aryl methyl sites for hydroxylation is 1. The molecule has 0 spiro atoms. The summed E-state index contributed by atoms with van der Waals surface area (Å²) in [4.78, 5) is 17.0. The van der Waals surface area contributed by atoms with E-state index in [9.17, 15) is 13.2 Å². The van der Waals surface area contributed by atoms with Crippen molar-refractivity contribution in [3.8, 4) is 0 Å². The lowest BCUT2D eigenvalue weighted by atomic mass is 9.96. The van der Waals surface area contributed by atoms with Gasteiger partial charge in [-0.2, -0.15) is 0 Å². The largest absolute Gasteiger partial charge is 0.308 e. The first-order valence-corrected chi connectivity index (χ1v) is 10.8. The molecule has 0 aliphatic carbocycles. The summed E-state index contributed by atoms with van der Waals surface area (Å²) in [6.07, 6.45) is 3.99. The van der Waals surface area contributed by atoms with Crippen molar-refractivity contribution in [1.82, 2.24) is 9.21 Å². The van der Waals surface area contributed by atoms with Crippen LogP contribution in [0.15, 0.2) is 24.3 Å². The Labute approximate surface area is 150 Å². The van der Waals surface area contributed by atoms with Gasteiger partial charge in [0, 0.05) is 31.4 Å². The summed E-state index contributed by atoms with van der Waals surface area (Å²) in [6, 6.07) is 8.31. The van der Waals surface area contributed by atoms with Crippen molar-refractivity contribution in [3.63, 3.8) is 0 Å². The van der Waals surface area contributed by atoms with E-state index >= 15 is 0 Å². The van der Waals surface area contributed by atoms with Crippen LogP contribution < -0.4 is 4.90 Å². The number of para-hydroxylation sites is 1. The number of nitrogens with zero attached hydrogens (tertiary/aromatic N) is 3. The molecule has 1 aromatic carbocycles. The van der Waals surface area contributed by atoms with Gasteiger partial charge >= 0.3 is 0 Å². The Morgan fingerprint density at radius 1 is 1.16 bits per heavy atom. The van der Waals surface area contributed by atoms with Gasteiger partial charge in [0.05, 0.1) is 12.8 Å². The highest BCUT2D eigenvalue weighted by atomic mass is 32.2. The van der Waals surface area contributed by atoms with Crippen LogP contribution in [0.25, 0.3) is 0 Å². The van der Waals surface area contributed by atoms with E-state index < -0.39 is 10.0 Å². The zero-order valence-electron chi connectivity index (χ0n) is 15.0. The normalized spacial score (nSPS) is 23.1. The molecule has 0 saturated carbocycles. The molecule has 0 unspecified atom stereocenters. The van der Waals surface area contributed by atoms with Crippen LogP contribution in [-0.4, -0.2) is 68.6 Å². The summed E-state index contributed by atoms with van der Waals surface area (Å²) in [5, 5.41) is 0. The van der Waals surface area contributed by atoms with Crippen molar-refractivity contribution in [1.29, 1.82) is 0 Å². The Bertz CT molecular complexity index is 735. The Hall–Kier alpha value is -1.44. The van der Waals surface area contributed by atoms with Crippen LogP contribution in [-0.2, 0) is 21.2 Å². The lowest BCUT2D eigenvalue weighted by molar-refractivity contribution is -0.120. The van der Waals surface area contributed by atoms with Gasteiger partial charge in [-0.05, 0) is 44.4 Å². The van der Waals surface area contributed by atoms with Gasteiger partial charge < -0.3 is 4.90 Å². The Kier molecular flexibility index (Phi) is 5.46. The summed E-state index contributed by atoms with van der Waals surface area (Å²) in [5.41, 5.74) is 2.26. The number of amides is 1. The fourth-order valence-corrected chi connectivity index (χ4v) is 4.65. The molecule has 1 saturated heterocycles. The minimum absolute atomic E-state index is 0.104. The number of hydrogen-bond donors (Lipinski definition) is 0. The fraction of sp³-hybridized carbons (Fsp3) is 0.611. The average molecular weight is 365 g/mol. The molecule has 1 aromatic rings. The van der Waals surface area contributed by atoms with Gasteiger partial charge in [-0.3, -0.25) is 9.69 Å². The van der Waals surface area contributed by atoms with Crippen molar-refractivity contribution in [2.24, 2.45) is 0 Å². The van der Waals surface area contributed by atoms with Crippen LogP contribution in [0.5, 0.6) is 0 Å². The van der Waals surface area contributed by atoms with Gasteiger partial charge in [0.15, 0.2) is 0 Å². The molecule has 138 valence electrons. The molecule has 0 bridgehead atoms. The quantitative estimate of drug-likeness (QED) is 0.811. The van der Waals surface area contributed by atoms with Crippen LogP contribution in [0.1, 0.15) is 25.3 Å². The third-order valence-electron chi connectivity index (χ3n) is 5.17. The number of anilines is 1. The average Bonchev–Trinajstić information content (AvgIpc) is 2.80. The molecule has 2 aliphatic rings. The Balaban J connectivity index is 1.68. The van der Waals surface area contributed by atoms with E-state index in [4.69, 9.17) is 0 Å². The highest BCUT2D eigenvalue weighted by molar-refractivity contribution is 7.88. The third kappa shape index (κ3) is 4.22. The summed E-state index contributed by atoms with van der Waals surface area (Å²) in [5.74, 6) is 0.104. The summed E-state index contributed by atoms with van der Waals surface area (Å²) in [6.45, 7) is 4.78. The minimum Gasteiger partial charge on any atom is -0.308 e. The Morgan fingerprint density at radius 3 is 2.68 bits per heavy atom. The highest BCUT2D eigenvalue weighted by Gasteiger charge is 2.30. The second-order valence-corrected chi connectivity index (χ2v) is 9.05. The van der Waals surface area contributed by atoms with Crippen molar-refractivity contribution in [2.75, 3.05) is 43.9 Å². The number of sulfonamides is 1. The van der Waals surface area contributed by atoms with Gasteiger partial charge in [0.25, 0.3) is 0 Å². The number of carbonyl (C=O) groups excluding carboxylic acids is 1. The molecule has 0 radical (unpaired) electrons. The van der Waals surface area contributed by atoms with E-state index in [0.29, 0.717) is 26.2 Å². The lowest BCUT2D eigenvalue weighted by Crippen LogP contribution is -2.47. The maximum absolute atomic E-state index is 13.0. The summed E-state index contributed by atoms with van der Waals surface area (Å²) >= 11 is 0. The molecular formula is C18H27N3O3S. The van der Waals surface area contributed by atoms with Gasteiger partial charge in [-0.15, -0.1) is 0 Å². The first kappa shape index (κ1) is 18.4. The van der Waals surface area contributed by atoms with Crippen LogP contribution in [0.3, 0.4) is 0 Å². The fourth-order valence-electron chi connectivity index (χ4n) is 3.77. The van der Waals surface area contributed by atoms with Gasteiger partial charge in [0.1, 0.15) is 0 Å². The second kappa shape index (κ2) is 7.43. The van der Waals surface area contributed by atoms with E-state index in [2.05, 4.69) is 17.9 Å². The molecule has 7 heteroatoms. The van der Waals surface area contributed by atoms with E-state index in [1.807, 2.05) is 23.1 Å². The number of hydrogen-bond acceptors (Lipinski definition) is 4. The number of fused-ring (bicyclic) bond motifs is 1. The minimum atomic E-state index is -3.16. The smallest absolute Gasteiger partial charge is 0.241 e. The molecule has 0 aromatic heterocycles. The van der Waals surface area contributed by atoms with E-state index in [-0.39, 0.29) is 11.9 Å². The van der Waals surface area contributed by atoms with Crippen molar-refractivity contribution >= 4 is 21.6 Å². The van der Waals surface area contributed by atoms with Gasteiger partial charge in [-0.25, -0.2) is 12.7 Å². The SMILES string of the molecule is C[C@@H]1CCc2ccccc2N1C(=O)CN1CCCN(S(C)(=O)=O)CC1. The summed E-state index contributed by atoms with van der Waals surface area (Å²) < 4.78 is 25.0. The molecule has 1 atom stereocenters. The lowest BCUT2D eigenvalue weighted by Gasteiger charge is -2.36. The zero-order chi connectivity index (χ0) is 18.0. The number of rotatable bonds is 3. The second-order valence-electron chi connectivity index (χ2n) is 7.07. The first-order valence-electron chi connectivity index (χ1n) is 8.93. The molecule has 6 nitrogen and oxygen atoms in total. The van der Waals surface area contributed by atoms with Crippen LogP contribution in [0.4, 0.5) is 5.69 Å². The molecule has 0 N–H and O–H groups in total.